The van der Waals surface area contributed by atoms with Crippen LogP contribution in [-0.4, -0.2) is 12.6 Å². The molecule has 0 fully saturated rings. The molecule has 1 aliphatic carbocycles. The highest BCUT2D eigenvalue weighted by molar-refractivity contribution is 5.06. The van der Waals surface area contributed by atoms with Crippen molar-refractivity contribution in [3.63, 3.8) is 0 Å². The van der Waals surface area contributed by atoms with Crippen molar-refractivity contribution in [1.82, 2.24) is 5.32 Å². The van der Waals surface area contributed by atoms with Gasteiger partial charge in [-0.1, -0.05) is 32.4 Å². The Labute approximate surface area is 95.3 Å². The van der Waals surface area contributed by atoms with Gasteiger partial charge in [0.15, 0.2) is 0 Å². The van der Waals surface area contributed by atoms with Crippen LogP contribution in [-0.2, 0) is 0 Å². The predicted molar refractivity (Wildman–Crippen MR) is 68.0 cm³/mol. The maximum absolute atomic E-state index is 3.70. The van der Waals surface area contributed by atoms with Crippen molar-refractivity contribution in [3.8, 4) is 0 Å². The third kappa shape index (κ3) is 4.38. The molecule has 2 unspecified atom stereocenters. The van der Waals surface area contributed by atoms with Gasteiger partial charge in [-0.25, -0.2) is 0 Å². The van der Waals surface area contributed by atoms with Crippen LogP contribution in [0.4, 0.5) is 0 Å². The van der Waals surface area contributed by atoms with Gasteiger partial charge in [0, 0.05) is 6.04 Å². The first-order valence-electron chi connectivity index (χ1n) is 6.56. The van der Waals surface area contributed by atoms with Crippen LogP contribution in [0, 0.1) is 11.8 Å². The molecule has 0 heterocycles. The summed E-state index contributed by atoms with van der Waals surface area (Å²) in [7, 11) is 0. The largest absolute Gasteiger partial charge is 0.314 e. The second kappa shape index (κ2) is 6.32. The third-order valence-electron chi connectivity index (χ3n) is 3.57. The molecular weight excluding hydrogens is 182 g/mol. The molecule has 88 valence electrons. The molecule has 1 rings (SSSR count). The Bertz CT molecular complexity index is 203. The molecule has 0 bridgehead atoms. The highest BCUT2D eigenvalue weighted by Gasteiger charge is 2.18. The lowest BCUT2D eigenvalue weighted by molar-refractivity contribution is 0.352. The van der Waals surface area contributed by atoms with E-state index < -0.39 is 0 Å². The molecule has 0 saturated heterocycles. The van der Waals surface area contributed by atoms with E-state index in [1.165, 1.54) is 32.2 Å². The van der Waals surface area contributed by atoms with Gasteiger partial charge in [-0.3, -0.25) is 0 Å². The fraction of sp³-hybridized carbons (Fsp3) is 0.857. The van der Waals surface area contributed by atoms with E-state index in [2.05, 4.69) is 39.1 Å². The van der Waals surface area contributed by atoms with Crippen molar-refractivity contribution in [1.29, 1.82) is 0 Å². The Morgan fingerprint density at radius 2 is 2.07 bits per heavy atom. The minimum Gasteiger partial charge on any atom is -0.314 e. The molecule has 0 amide bonds. The SMILES string of the molecule is CCC(CC)NCC1CC(C)=CC(C)C1. The highest BCUT2D eigenvalue weighted by Crippen LogP contribution is 2.27. The average Bonchev–Trinajstić information content (AvgIpc) is 2.18. The summed E-state index contributed by atoms with van der Waals surface area (Å²) in [5, 5.41) is 3.70. The monoisotopic (exact) mass is 209 g/mol. The van der Waals surface area contributed by atoms with Crippen LogP contribution < -0.4 is 5.32 Å². The summed E-state index contributed by atoms with van der Waals surface area (Å²) in [6.07, 6.45) is 7.62. The lowest BCUT2D eigenvalue weighted by Gasteiger charge is -2.27. The van der Waals surface area contributed by atoms with Crippen LogP contribution in [0.15, 0.2) is 11.6 Å². The van der Waals surface area contributed by atoms with E-state index in [0.717, 1.165) is 17.9 Å². The fourth-order valence-electron chi connectivity index (χ4n) is 2.75. The van der Waals surface area contributed by atoms with Crippen molar-refractivity contribution in [2.75, 3.05) is 6.54 Å². The fourth-order valence-corrected chi connectivity index (χ4v) is 2.75. The first-order chi connectivity index (χ1) is 7.15. The lowest BCUT2D eigenvalue weighted by Crippen LogP contribution is -2.33. The van der Waals surface area contributed by atoms with Gasteiger partial charge in [0.2, 0.25) is 0 Å². The molecule has 0 spiro atoms. The van der Waals surface area contributed by atoms with Gasteiger partial charge in [0.1, 0.15) is 0 Å². The van der Waals surface area contributed by atoms with Crippen molar-refractivity contribution < 1.29 is 0 Å². The Hall–Kier alpha value is -0.300. The molecular formula is C14H27N. The molecule has 1 heteroatoms. The van der Waals surface area contributed by atoms with Crippen LogP contribution in [0.3, 0.4) is 0 Å². The van der Waals surface area contributed by atoms with Gasteiger partial charge < -0.3 is 5.32 Å². The van der Waals surface area contributed by atoms with E-state index in [9.17, 15) is 0 Å². The Kier molecular flexibility index (Phi) is 5.38. The van der Waals surface area contributed by atoms with Crippen molar-refractivity contribution in [3.05, 3.63) is 11.6 Å². The van der Waals surface area contributed by atoms with Crippen LogP contribution in [0.25, 0.3) is 0 Å². The van der Waals surface area contributed by atoms with E-state index in [4.69, 9.17) is 0 Å². The van der Waals surface area contributed by atoms with Gasteiger partial charge in [-0.15, -0.1) is 0 Å². The molecule has 1 N–H and O–H groups in total. The normalized spacial score (nSPS) is 26.9. The summed E-state index contributed by atoms with van der Waals surface area (Å²) >= 11 is 0. The number of hydrogen-bond acceptors (Lipinski definition) is 1. The Balaban J connectivity index is 2.31. The molecule has 0 saturated carbocycles. The molecule has 0 aromatic rings. The zero-order chi connectivity index (χ0) is 11.3. The molecule has 1 aliphatic rings. The van der Waals surface area contributed by atoms with E-state index in [0.29, 0.717) is 0 Å². The predicted octanol–water partition coefficient (Wildman–Crippen LogP) is 3.76. The molecule has 0 aliphatic heterocycles. The number of rotatable bonds is 5. The molecule has 0 radical (unpaired) electrons. The Morgan fingerprint density at radius 3 is 2.60 bits per heavy atom. The summed E-state index contributed by atoms with van der Waals surface area (Å²) in [5.74, 6) is 1.65. The summed E-state index contributed by atoms with van der Waals surface area (Å²) in [6, 6.07) is 0.728. The molecule has 0 aromatic carbocycles. The Morgan fingerprint density at radius 1 is 1.40 bits per heavy atom. The third-order valence-corrected chi connectivity index (χ3v) is 3.57. The smallest absolute Gasteiger partial charge is 0.00619 e. The van der Waals surface area contributed by atoms with Crippen LogP contribution in [0.5, 0.6) is 0 Å². The van der Waals surface area contributed by atoms with E-state index in [1.54, 1.807) is 5.57 Å². The summed E-state index contributed by atoms with van der Waals surface area (Å²) < 4.78 is 0. The van der Waals surface area contributed by atoms with Crippen LogP contribution >= 0.6 is 0 Å². The molecule has 2 atom stereocenters. The van der Waals surface area contributed by atoms with Gasteiger partial charge in [-0.05, 0) is 51.0 Å². The highest BCUT2D eigenvalue weighted by atomic mass is 14.9. The van der Waals surface area contributed by atoms with Gasteiger partial charge in [0.25, 0.3) is 0 Å². The van der Waals surface area contributed by atoms with Gasteiger partial charge in [0.05, 0.1) is 0 Å². The van der Waals surface area contributed by atoms with E-state index in [-0.39, 0.29) is 0 Å². The first-order valence-corrected chi connectivity index (χ1v) is 6.56. The minimum absolute atomic E-state index is 0.728. The summed E-state index contributed by atoms with van der Waals surface area (Å²) in [5.41, 5.74) is 1.59. The summed E-state index contributed by atoms with van der Waals surface area (Å²) in [6.45, 7) is 10.4. The topological polar surface area (TPSA) is 12.0 Å². The van der Waals surface area contributed by atoms with E-state index in [1.807, 2.05) is 0 Å². The van der Waals surface area contributed by atoms with Crippen molar-refractivity contribution in [2.45, 2.75) is 59.4 Å². The number of hydrogen-bond donors (Lipinski definition) is 1. The molecule has 1 nitrogen and oxygen atoms in total. The quantitative estimate of drug-likeness (QED) is 0.680. The van der Waals surface area contributed by atoms with Crippen LogP contribution in [0.2, 0.25) is 0 Å². The number of nitrogens with one attached hydrogen (secondary N) is 1. The summed E-state index contributed by atoms with van der Waals surface area (Å²) in [4.78, 5) is 0. The minimum atomic E-state index is 0.728. The zero-order valence-corrected chi connectivity index (χ0v) is 10.8. The average molecular weight is 209 g/mol. The van der Waals surface area contributed by atoms with Crippen LogP contribution in [0.1, 0.15) is 53.4 Å². The number of allylic oxidation sites excluding steroid dienone is 2. The zero-order valence-electron chi connectivity index (χ0n) is 10.8. The van der Waals surface area contributed by atoms with Crippen molar-refractivity contribution >= 4 is 0 Å². The van der Waals surface area contributed by atoms with E-state index >= 15 is 0 Å². The standard InChI is InChI=1S/C14H27N/c1-5-14(6-2)15-10-13-8-11(3)7-12(4)9-13/h7,11,13-15H,5-6,8-10H2,1-4H3. The van der Waals surface area contributed by atoms with Crippen molar-refractivity contribution in [2.24, 2.45) is 11.8 Å². The molecule has 15 heavy (non-hydrogen) atoms. The van der Waals surface area contributed by atoms with Gasteiger partial charge in [-0.2, -0.15) is 0 Å². The van der Waals surface area contributed by atoms with Gasteiger partial charge >= 0.3 is 0 Å². The second-order valence-corrected chi connectivity index (χ2v) is 5.22. The first kappa shape index (κ1) is 12.8. The maximum Gasteiger partial charge on any atom is 0.00619 e. The lowest BCUT2D eigenvalue weighted by atomic mass is 9.83. The molecule has 0 aromatic heterocycles. The maximum atomic E-state index is 3.70. The second-order valence-electron chi connectivity index (χ2n) is 5.22.